The fourth-order valence-corrected chi connectivity index (χ4v) is 0.604. The fourth-order valence-electron chi connectivity index (χ4n) is 0.604. The maximum Gasteiger partial charge on any atom is 0.409 e. The normalized spacial score (nSPS) is 11.3. The minimum absolute atomic E-state index is 0.0590. The van der Waals surface area contributed by atoms with Gasteiger partial charge < -0.3 is 14.2 Å². The zero-order valence-electron chi connectivity index (χ0n) is 8.11. The van der Waals surface area contributed by atoms with E-state index in [4.69, 9.17) is 0 Å². The third-order valence-electron chi connectivity index (χ3n) is 1.23. The number of esters is 1. The van der Waals surface area contributed by atoms with Crippen LogP contribution in [0.2, 0.25) is 0 Å². The number of hydrogen-bond acceptors (Lipinski definition) is 5. The van der Waals surface area contributed by atoms with E-state index in [0.717, 1.165) is 0 Å². The highest BCUT2D eigenvalue weighted by atomic mass is 16.6. The van der Waals surface area contributed by atoms with Crippen molar-refractivity contribution in [1.82, 2.24) is 5.32 Å². The molecule has 0 aliphatic rings. The van der Waals surface area contributed by atoms with Crippen LogP contribution in [-0.4, -0.2) is 39.1 Å². The molecule has 0 spiro atoms. The van der Waals surface area contributed by atoms with Crippen LogP contribution in [0.15, 0.2) is 12.7 Å². The van der Waals surface area contributed by atoms with E-state index >= 15 is 0 Å². The molecule has 0 saturated carbocycles. The van der Waals surface area contributed by atoms with Gasteiger partial charge in [0, 0.05) is 7.11 Å². The van der Waals surface area contributed by atoms with Gasteiger partial charge in [0.1, 0.15) is 6.61 Å². The molecular formula is C8H13NO5. The summed E-state index contributed by atoms with van der Waals surface area (Å²) in [4.78, 5) is 21.8. The minimum Gasteiger partial charge on any atom is -0.466 e. The number of nitrogens with one attached hydrogen (secondary N) is 1. The van der Waals surface area contributed by atoms with E-state index in [-0.39, 0.29) is 6.61 Å². The van der Waals surface area contributed by atoms with Crippen LogP contribution in [0.1, 0.15) is 0 Å². The number of alkyl carbamates (subject to hydrolysis) is 1. The second-order valence-corrected chi connectivity index (χ2v) is 2.17. The van der Waals surface area contributed by atoms with Crippen molar-refractivity contribution in [3.8, 4) is 0 Å². The molecule has 0 aliphatic carbocycles. The zero-order chi connectivity index (χ0) is 11.0. The summed E-state index contributed by atoms with van der Waals surface area (Å²) in [6, 6.07) is 0. The van der Waals surface area contributed by atoms with Crippen LogP contribution < -0.4 is 5.32 Å². The molecule has 1 atom stereocenters. The van der Waals surface area contributed by atoms with E-state index in [0.29, 0.717) is 0 Å². The molecule has 0 fully saturated rings. The summed E-state index contributed by atoms with van der Waals surface area (Å²) in [5.41, 5.74) is 0. The molecule has 0 radical (unpaired) electrons. The van der Waals surface area contributed by atoms with Gasteiger partial charge in [0.05, 0.1) is 7.11 Å². The molecule has 0 heterocycles. The fraction of sp³-hybridized carbons (Fsp3) is 0.500. The van der Waals surface area contributed by atoms with Gasteiger partial charge in [-0.2, -0.15) is 0 Å². The number of rotatable bonds is 5. The Balaban J connectivity index is 3.98. The summed E-state index contributed by atoms with van der Waals surface area (Å²) in [6.45, 7) is 3.41. The smallest absolute Gasteiger partial charge is 0.409 e. The molecule has 0 aromatic rings. The molecular weight excluding hydrogens is 190 g/mol. The lowest BCUT2D eigenvalue weighted by Crippen LogP contribution is -2.43. The van der Waals surface area contributed by atoms with Gasteiger partial charge in [0.25, 0.3) is 0 Å². The number of amides is 1. The quantitative estimate of drug-likeness (QED) is 0.388. The molecule has 0 aromatic heterocycles. The van der Waals surface area contributed by atoms with E-state index in [1.54, 1.807) is 0 Å². The predicted molar refractivity (Wildman–Crippen MR) is 47.5 cm³/mol. The van der Waals surface area contributed by atoms with Crippen molar-refractivity contribution in [2.24, 2.45) is 0 Å². The Hall–Kier alpha value is -1.56. The average Bonchev–Trinajstić information content (AvgIpc) is 2.21. The lowest BCUT2D eigenvalue weighted by Gasteiger charge is -2.13. The van der Waals surface area contributed by atoms with Gasteiger partial charge in [-0.25, -0.2) is 9.59 Å². The van der Waals surface area contributed by atoms with Crippen LogP contribution in [0.5, 0.6) is 0 Å². The summed E-state index contributed by atoms with van der Waals surface area (Å²) in [7, 11) is 2.44. The standard InChI is InChI=1S/C8H13NO5/c1-4-5-14-8(11)9-6(12-2)7(10)13-3/h4,6H,1,5H2,2-3H3,(H,9,11). The van der Waals surface area contributed by atoms with E-state index < -0.39 is 18.3 Å². The van der Waals surface area contributed by atoms with E-state index in [2.05, 4.69) is 26.1 Å². The topological polar surface area (TPSA) is 73.9 Å². The first kappa shape index (κ1) is 12.4. The van der Waals surface area contributed by atoms with Crippen LogP contribution in [0, 0.1) is 0 Å². The van der Waals surface area contributed by atoms with E-state index in [9.17, 15) is 9.59 Å². The molecule has 1 unspecified atom stereocenters. The Bertz CT molecular complexity index is 216. The van der Waals surface area contributed by atoms with Crippen LogP contribution in [0.4, 0.5) is 4.79 Å². The maximum atomic E-state index is 10.9. The second-order valence-electron chi connectivity index (χ2n) is 2.17. The summed E-state index contributed by atoms with van der Waals surface area (Å²) in [6.07, 6.45) is -0.529. The largest absolute Gasteiger partial charge is 0.466 e. The van der Waals surface area contributed by atoms with Crippen LogP contribution >= 0.6 is 0 Å². The van der Waals surface area contributed by atoms with Crippen molar-refractivity contribution in [1.29, 1.82) is 0 Å². The third-order valence-corrected chi connectivity index (χ3v) is 1.23. The zero-order valence-corrected chi connectivity index (χ0v) is 8.11. The van der Waals surface area contributed by atoms with Crippen molar-refractivity contribution in [3.63, 3.8) is 0 Å². The Morgan fingerprint density at radius 3 is 2.57 bits per heavy atom. The number of methoxy groups -OCH3 is 2. The molecule has 0 rings (SSSR count). The van der Waals surface area contributed by atoms with Gasteiger partial charge in [-0.3, -0.25) is 5.32 Å². The van der Waals surface area contributed by atoms with Crippen LogP contribution in [0.3, 0.4) is 0 Å². The summed E-state index contributed by atoms with van der Waals surface area (Å²) < 4.78 is 13.6. The summed E-state index contributed by atoms with van der Waals surface area (Å²) in [5.74, 6) is -0.706. The van der Waals surface area contributed by atoms with Gasteiger partial charge in [-0.15, -0.1) is 0 Å². The molecule has 80 valence electrons. The Morgan fingerprint density at radius 1 is 1.50 bits per heavy atom. The first-order valence-corrected chi connectivity index (χ1v) is 3.80. The number of ether oxygens (including phenoxy) is 3. The first-order valence-electron chi connectivity index (χ1n) is 3.80. The monoisotopic (exact) mass is 203 g/mol. The SMILES string of the molecule is C=CCOC(=O)NC(OC)C(=O)OC. The van der Waals surface area contributed by atoms with Crippen LogP contribution in [0.25, 0.3) is 0 Å². The average molecular weight is 203 g/mol. The lowest BCUT2D eigenvalue weighted by molar-refractivity contribution is -0.153. The van der Waals surface area contributed by atoms with Crippen molar-refractivity contribution in [3.05, 3.63) is 12.7 Å². The lowest BCUT2D eigenvalue weighted by atomic mass is 10.5. The maximum absolute atomic E-state index is 10.9. The Kier molecular flexibility index (Phi) is 6.13. The molecule has 0 aliphatic heterocycles. The van der Waals surface area contributed by atoms with Crippen molar-refractivity contribution in [2.75, 3.05) is 20.8 Å². The molecule has 6 heteroatoms. The molecule has 1 amide bonds. The van der Waals surface area contributed by atoms with Crippen molar-refractivity contribution < 1.29 is 23.8 Å². The van der Waals surface area contributed by atoms with Crippen molar-refractivity contribution >= 4 is 12.1 Å². The molecule has 0 saturated heterocycles. The predicted octanol–water partition coefficient (Wildman–Crippen LogP) is 0.0441. The first-order chi connectivity index (χ1) is 6.65. The Morgan fingerprint density at radius 2 is 2.14 bits per heavy atom. The van der Waals surface area contributed by atoms with Crippen molar-refractivity contribution in [2.45, 2.75) is 6.23 Å². The Labute approximate surface area is 81.8 Å². The van der Waals surface area contributed by atoms with E-state index in [1.807, 2.05) is 0 Å². The number of carbonyl (C=O) groups excluding carboxylic acids is 2. The van der Waals surface area contributed by atoms with E-state index in [1.165, 1.54) is 20.3 Å². The summed E-state index contributed by atoms with van der Waals surface area (Å²) >= 11 is 0. The van der Waals surface area contributed by atoms with Crippen LogP contribution in [-0.2, 0) is 19.0 Å². The summed E-state index contributed by atoms with van der Waals surface area (Å²) in [5, 5.41) is 2.15. The highest BCUT2D eigenvalue weighted by molar-refractivity contribution is 5.79. The molecule has 0 aromatic carbocycles. The van der Waals surface area contributed by atoms with Gasteiger partial charge in [0.15, 0.2) is 0 Å². The molecule has 6 nitrogen and oxygen atoms in total. The number of hydrogen-bond donors (Lipinski definition) is 1. The van der Waals surface area contributed by atoms with Gasteiger partial charge >= 0.3 is 12.1 Å². The highest BCUT2D eigenvalue weighted by Gasteiger charge is 2.20. The molecule has 0 bridgehead atoms. The second kappa shape index (κ2) is 6.90. The molecule has 1 N–H and O–H groups in total. The van der Waals surface area contributed by atoms with Gasteiger partial charge in [-0.1, -0.05) is 12.7 Å². The van der Waals surface area contributed by atoms with Gasteiger partial charge in [-0.05, 0) is 0 Å². The highest BCUT2D eigenvalue weighted by Crippen LogP contribution is 1.90. The third kappa shape index (κ3) is 4.46. The minimum atomic E-state index is -1.16. The molecule has 14 heavy (non-hydrogen) atoms. The van der Waals surface area contributed by atoms with Gasteiger partial charge in [0.2, 0.25) is 6.23 Å². The number of carbonyl (C=O) groups is 2.